The third kappa shape index (κ3) is 7.17. The molecule has 2 aliphatic carbocycles. The maximum absolute atomic E-state index is 12.0. The van der Waals surface area contributed by atoms with Gasteiger partial charge in [-0.3, -0.25) is 4.90 Å². The topological polar surface area (TPSA) is 84.8 Å². The first kappa shape index (κ1) is 31.5. The summed E-state index contributed by atoms with van der Waals surface area (Å²) >= 11 is 0. The zero-order chi connectivity index (χ0) is 30.8. The second-order valence-corrected chi connectivity index (χ2v) is 16.0. The lowest BCUT2D eigenvalue weighted by Crippen LogP contribution is -2.60. The van der Waals surface area contributed by atoms with Crippen LogP contribution >= 0.6 is 9.24 Å². The van der Waals surface area contributed by atoms with Crippen LogP contribution in [0.1, 0.15) is 57.6 Å². The minimum Gasteiger partial charge on any atom is -0.492 e. The third-order valence-electron chi connectivity index (χ3n) is 9.31. The molecule has 1 saturated carbocycles. The van der Waals surface area contributed by atoms with Gasteiger partial charge in [0.1, 0.15) is 13.6 Å². The molecule has 4 unspecified atom stereocenters. The van der Waals surface area contributed by atoms with Gasteiger partial charge in [0, 0.05) is 66.7 Å². The quantitative estimate of drug-likeness (QED) is 0.233. The van der Waals surface area contributed by atoms with E-state index in [2.05, 4.69) is 61.2 Å². The average molecular weight is 637 g/mol. The molecule has 4 heterocycles. The van der Waals surface area contributed by atoms with Crippen molar-refractivity contribution >= 4 is 44.4 Å². The molecule has 0 radical (unpaired) electrons. The Bertz CT molecular complexity index is 1640. The Kier molecular flexibility index (Phi) is 9.68. The highest BCUT2D eigenvalue weighted by molar-refractivity contribution is 7.90. The molecule has 4 fully saturated rings. The number of nitrogens with one attached hydrogen (secondary N) is 2. The van der Waals surface area contributed by atoms with Gasteiger partial charge < -0.3 is 24.7 Å². The van der Waals surface area contributed by atoms with E-state index in [1.165, 1.54) is 54.6 Å². The lowest BCUT2D eigenvalue weighted by Gasteiger charge is -2.50. The molecule has 1 aromatic heterocycles. The number of ether oxygens (including phenoxy) is 2. The maximum Gasteiger partial charge on any atom is 0.175 e. The Hall–Kier alpha value is -2.44. The summed E-state index contributed by atoms with van der Waals surface area (Å²) in [6.07, 6.45) is 12.9. The van der Waals surface area contributed by atoms with Crippen molar-refractivity contribution in [2.75, 3.05) is 37.8 Å². The number of hydrogen-bond acceptors (Lipinski definition) is 7. The first-order valence-electron chi connectivity index (χ1n) is 16.2. The Labute approximate surface area is 265 Å². The van der Waals surface area contributed by atoms with Crippen molar-refractivity contribution in [1.29, 1.82) is 0 Å². The van der Waals surface area contributed by atoms with Gasteiger partial charge in [-0.25, -0.2) is 8.42 Å². The van der Waals surface area contributed by atoms with Crippen LogP contribution in [0, 0.1) is 11.8 Å². The van der Waals surface area contributed by atoms with Crippen LogP contribution in [-0.2, 0) is 21.1 Å². The summed E-state index contributed by atoms with van der Waals surface area (Å²) in [5, 5.41) is 9.88. The van der Waals surface area contributed by atoms with Crippen molar-refractivity contribution in [1.82, 2.24) is 14.8 Å². The Morgan fingerprint density at radius 3 is 2.61 bits per heavy atom. The van der Waals surface area contributed by atoms with Crippen LogP contribution in [-0.4, -0.2) is 88.1 Å². The van der Waals surface area contributed by atoms with E-state index in [0.717, 1.165) is 43.9 Å². The van der Waals surface area contributed by atoms with Gasteiger partial charge in [0.05, 0.1) is 41.6 Å². The molecule has 3 saturated heterocycles. The molecular formula is C33H46BN4O4PS. The Morgan fingerprint density at radius 1 is 1.18 bits per heavy atom. The molecule has 5 aliphatic rings. The molecule has 0 spiro atoms. The van der Waals surface area contributed by atoms with E-state index in [4.69, 9.17) is 9.47 Å². The van der Waals surface area contributed by atoms with Gasteiger partial charge in [-0.1, -0.05) is 12.0 Å². The van der Waals surface area contributed by atoms with Crippen molar-refractivity contribution in [3.8, 4) is 17.6 Å². The number of sulfone groups is 1. The zero-order valence-electron chi connectivity index (χ0n) is 26.3. The fourth-order valence-electron chi connectivity index (χ4n) is 7.20. The van der Waals surface area contributed by atoms with E-state index < -0.39 is 9.84 Å². The molecule has 2 N–H and O–H groups in total. The molecule has 4 atom stereocenters. The first-order valence-corrected chi connectivity index (χ1v) is 18.8. The van der Waals surface area contributed by atoms with Crippen molar-refractivity contribution in [2.24, 2.45) is 0 Å². The number of benzene rings is 1. The van der Waals surface area contributed by atoms with E-state index in [1.54, 1.807) is 18.2 Å². The molecule has 3 aliphatic heterocycles. The summed E-state index contributed by atoms with van der Waals surface area (Å²) in [6, 6.07) is 8.44. The molecule has 2 bridgehead atoms. The number of piperidine rings is 1. The minimum absolute atomic E-state index is 0.242. The van der Waals surface area contributed by atoms with Crippen LogP contribution in [0.15, 0.2) is 29.2 Å². The first-order chi connectivity index (χ1) is 21.2. The molecule has 7 rings (SSSR count). The Morgan fingerprint density at radius 2 is 1.93 bits per heavy atom. The molecule has 1 aromatic carbocycles. The van der Waals surface area contributed by atoms with Gasteiger partial charge in [-0.05, 0) is 75.1 Å². The largest absolute Gasteiger partial charge is 0.492 e. The number of rotatable bonds is 10. The van der Waals surface area contributed by atoms with E-state index in [9.17, 15) is 8.42 Å². The number of morpholine rings is 1. The van der Waals surface area contributed by atoms with Crippen molar-refractivity contribution in [3.63, 3.8) is 0 Å². The summed E-state index contributed by atoms with van der Waals surface area (Å²) in [5.41, 5.74) is 3.54. The average Bonchev–Trinajstić information content (AvgIpc) is 3.33. The number of hydrogen-bond donors (Lipinski definition) is 2. The smallest absolute Gasteiger partial charge is 0.175 e. The molecule has 11 heteroatoms. The summed E-state index contributed by atoms with van der Waals surface area (Å²) in [6.45, 7) is 5.88. The molecule has 44 heavy (non-hydrogen) atoms. The maximum atomic E-state index is 12.0. The zero-order valence-corrected chi connectivity index (χ0v) is 28.2. The van der Waals surface area contributed by atoms with E-state index in [-0.39, 0.29) is 4.90 Å². The number of aromatic nitrogens is 1. The van der Waals surface area contributed by atoms with Crippen molar-refractivity contribution < 1.29 is 17.9 Å². The summed E-state index contributed by atoms with van der Waals surface area (Å²) in [5.74, 6) is 7.26. The highest BCUT2D eigenvalue weighted by Crippen LogP contribution is 2.33. The van der Waals surface area contributed by atoms with Crippen LogP contribution in [0.4, 0.5) is 5.69 Å². The van der Waals surface area contributed by atoms with Crippen LogP contribution in [0.25, 0.3) is 11.8 Å². The fraction of sp³-hybridized carbons (Fsp3) is 0.576. The summed E-state index contributed by atoms with van der Waals surface area (Å²) < 4.78 is 38.0. The minimum atomic E-state index is -3.32. The third-order valence-corrected chi connectivity index (χ3v) is 10.6. The van der Waals surface area contributed by atoms with Crippen molar-refractivity contribution in [3.05, 3.63) is 40.5 Å². The van der Waals surface area contributed by atoms with Gasteiger partial charge >= 0.3 is 0 Å². The molecule has 236 valence electrons. The van der Waals surface area contributed by atoms with Gasteiger partial charge in [0.15, 0.2) is 9.84 Å². The lowest BCUT2D eigenvalue weighted by molar-refractivity contribution is -0.189. The van der Waals surface area contributed by atoms with Crippen LogP contribution < -0.4 is 25.9 Å². The lowest BCUT2D eigenvalue weighted by atomic mass is 9.87. The van der Waals surface area contributed by atoms with E-state index in [0.29, 0.717) is 48.8 Å². The molecule has 8 nitrogen and oxygen atoms in total. The van der Waals surface area contributed by atoms with Crippen LogP contribution in [0.5, 0.6) is 5.75 Å². The highest BCUT2D eigenvalue weighted by Gasteiger charge is 2.41. The van der Waals surface area contributed by atoms with Crippen molar-refractivity contribution in [2.45, 2.75) is 93.2 Å². The fourth-order valence-corrected chi connectivity index (χ4v) is 8.04. The standard InChI is InChI=1S/C33H46BN4O4PS/c1-3-41-32-18-27(44(2,39)40)13-14-30(32)35-15-5-6-24-16-28-29(7-4-8-31(28)38(24)21-33(34)43)36-22-9-11-23(12-10-22)37-19-25-17-26(20-37)42-25/h8,13-14,16,18,22-23,25-26,33,35-36H,3-4,7,9-12,15,17,19-21,34,43H2,1-2H3. The Balaban J connectivity index is 1.16. The highest BCUT2D eigenvalue weighted by atomic mass is 32.2. The SMILES string of the molecule is BC(P)Cn1c(C#CCNc2ccc(S(C)(=O)=O)cc2OCC)cc2c1=CCCC=2NC1CCC(N2CC3CC(C2)O3)CC1. The second-order valence-electron chi connectivity index (χ2n) is 12.9. The van der Waals surface area contributed by atoms with Crippen LogP contribution in [0.3, 0.4) is 0 Å². The monoisotopic (exact) mass is 636 g/mol. The number of nitrogens with zero attached hydrogens (tertiary/aromatic N) is 2. The summed E-state index contributed by atoms with van der Waals surface area (Å²) in [7, 11) is 1.82. The van der Waals surface area contributed by atoms with Crippen LogP contribution in [0.2, 0.25) is 0 Å². The normalized spacial score (nSPS) is 25.5. The summed E-state index contributed by atoms with van der Waals surface area (Å²) in [4.78, 5) is 2.94. The van der Waals surface area contributed by atoms with Gasteiger partial charge in [0.2, 0.25) is 0 Å². The molecular weight excluding hydrogens is 590 g/mol. The second kappa shape index (κ2) is 13.5. The number of anilines is 1. The van der Waals surface area contributed by atoms with Gasteiger partial charge in [-0.2, -0.15) is 0 Å². The molecule has 0 amide bonds. The van der Waals surface area contributed by atoms with Gasteiger partial charge in [-0.15, -0.1) is 9.24 Å². The molecule has 2 aromatic rings. The van der Waals surface area contributed by atoms with E-state index in [1.807, 2.05) is 6.92 Å². The number of fused-ring (bicyclic) bond motifs is 3. The predicted molar refractivity (Wildman–Crippen MR) is 183 cm³/mol. The predicted octanol–water partition coefficient (Wildman–Crippen LogP) is 1.64. The van der Waals surface area contributed by atoms with Gasteiger partial charge in [0.25, 0.3) is 0 Å². The van der Waals surface area contributed by atoms with E-state index >= 15 is 0 Å².